The van der Waals surface area contributed by atoms with Gasteiger partial charge in [-0.3, -0.25) is 4.79 Å². The van der Waals surface area contributed by atoms with Gasteiger partial charge in [0.2, 0.25) is 0 Å². The highest BCUT2D eigenvalue weighted by atomic mass is 35.5. The van der Waals surface area contributed by atoms with Crippen LogP contribution in [0.5, 0.6) is 0 Å². The minimum Gasteiger partial charge on any atom is -0.464 e. The first-order chi connectivity index (χ1) is 18.4. The van der Waals surface area contributed by atoms with E-state index in [2.05, 4.69) is 14.9 Å². The standard InChI is InChI=1S/C26H31ClN6O4S/c1-14-23(28)26(12-36-14)4-6-33(7-5-26)25-19(11-34)31-21(10-29-25)38-20-9-18-22(32-24(20)27)16-8-15(37-13-35)2-3-17(16)30-18/h9-10,13-15,23,30,34H,2-8,11-12,28H2,1H3/t14-,15?,23+/m0/s1. The largest absolute Gasteiger partial charge is 0.464 e. The molecule has 38 heavy (non-hydrogen) atoms. The number of aromatic amines is 1. The van der Waals surface area contributed by atoms with Gasteiger partial charge in [-0.05, 0) is 38.7 Å². The number of nitrogens with zero attached hydrogens (tertiary/aromatic N) is 4. The van der Waals surface area contributed by atoms with Crippen LogP contribution in [-0.2, 0) is 33.7 Å². The quantitative estimate of drug-likeness (QED) is 0.305. The molecule has 0 aromatic carbocycles. The fourth-order valence-electron chi connectivity index (χ4n) is 6.08. The van der Waals surface area contributed by atoms with Crippen LogP contribution in [0.4, 0.5) is 5.82 Å². The van der Waals surface area contributed by atoms with Gasteiger partial charge in [-0.15, -0.1) is 0 Å². The Morgan fingerprint density at radius 1 is 1.39 bits per heavy atom. The number of anilines is 1. The third-order valence-corrected chi connectivity index (χ3v) is 9.68. The lowest BCUT2D eigenvalue weighted by atomic mass is 9.73. The number of carbonyl (C=O) groups excluding carboxylic acids is 1. The number of hydrogen-bond acceptors (Lipinski definition) is 10. The highest BCUT2D eigenvalue weighted by Gasteiger charge is 2.47. The van der Waals surface area contributed by atoms with Crippen LogP contribution in [-0.4, -0.2) is 69.5 Å². The molecule has 10 nitrogen and oxygen atoms in total. The summed E-state index contributed by atoms with van der Waals surface area (Å²) in [7, 11) is 0. The Hall–Kier alpha value is -2.44. The van der Waals surface area contributed by atoms with E-state index in [4.69, 9.17) is 36.8 Å². The average Bonchev–Trinajstić information content (AvgIpc) is 3.41. The smallest absolute Gasteiger partial charge is 0.293 e. The van der Waals surface area contributed by atoms with Crippen LogP contribution in [0.1, 0.15) is 43.1 Å². The fourth-order valence-corrected chi connectivity index (χ4v) is 7.13. The number of H-pyrrole nitrogens is 1. The number of piperidine rings is 1. The number of rotatable bonds is 6. The molecule has 3 aliphatic rings. The topological polar surface area (TPSA) is 139 Å². The lowest BCUT2D eigenvalue weighted by Gasteiger charge is -2.41. The number of aromatic nitrogens is 4. The first-order valence-electron chi connectivity index (χ1n) is 13.0. The molecule has 12 heteroatoms. The minimum absolute atomic E-state index is 0.0143. The molecule has 1 spiro atoms. The van der Waals surface area contributed by atoms with Gasteiger partial charge in [0.1, 0.15) is 22.0 Å². The number of aliphatic hydroxyl groups is 1. The Morgan fingerprint density at radius 3 is 2.92 bits per heavy atom. The van der Waals surface area contributed by atoms with Crippen molar-refractivity contribution in [2.75, 3.05) is 24.6 Å². The number of nitrogens with one attached hydrogen (secondary N) is 1. The van der Waals surface area contributed by atoms with E-state index < -0.39 is 0 Å². The van der Waals surface area contributed by atoms with E-state index in [1.165, 1.54) is 11.8 Å². The van der Waals surface area contributed by atoms with Gasteiger partial charge in [0.15, 0.2) is 5.82 Å². The van der Waals surface area contributed by atoms with E-state index in [0.717, 1.165) is 66.0 Å². The predicted molar refractivity (Wildman–Crippen MR) is 143 cm³/mol. The van der Waals surface area contributed by atoms with E-state index in [9.17, 15) is 9.90 Å². The lowest BCUT2D eigenvalue weighted by molar-refractivity contribution is -0.133. The third kappa shape index (κ3) is 4.54. The second-order valence-electron chi connectivity index (χ2n) is 10.5. The molecule has 3 aromatic heterocycles. The number of aliphatic hydroxyl groups excluding tert-OH is 1. The number of halogens is 1. The van der Waals surface area contributed by atoms with Gasteiger partial charge >= 0.3 is 0 Å². The molecule has 3 aromatic rings. The van der Waals surface area contributed by atoms with E-state index in [0.29, 0.717) is 41.2 Å². The highest BCUT2D eigenvalue weighted by Crippen LogP contribution is 2.42. The summed E-state index contributed by atoms with van der Waals surface area (Å²) < 4.78 is 11.0. The van der Waals surface area contributed by atoms with Gasteiger partial charge in [-0.2, -0.15) is 0 Å². The molecule has 0 amide bonds. The maximum absolute atomic E-state index is 10.8. The summed E-state index contributed by atoms with van der Waals surface area (Å²) in [5.41, 5.74) is 10.8. The van der Waals surface area contributed by atoms with E-state index >= 15 is 0 Å². The van der Waals surface area contributed by atoms with E-state index in [-0.39, 0.29) is 30.3 Å². The van der Waals surface area contributed by atoms with E-state index in [1.807, 2.05) is 13.0 Å². The zero-order valence-corrected chi connectivity index (χ0v) is 22.7. The summed E-state index contributed by atoms with van der Waals surface area (Å²) in [5.74, 6) is 0.705. The molecule has 1 aliphatic carbocycles. The van der Waals surface area contributed by atoms with Gasteiger partial charge in [-0.25, -0.2) is 15.0 Å². The van der Waals surface area contributed by atoms with Crippen LogP contribution >= 0.6 is 23.4 Å². The summed E-state index contributed by atoms with van der Waals surface area (Å²) >= 11 is 7.96. The van der Waals surface area contributed by atoms with Crippen molar-refractivity contribution in [2.24, 2.45) is 11.1 Å². The van der Waals surface area contributed by atoms with Crippen molar-refractivity contribution in [2.45, 2.75) is 73.8 Å². The molecular weight excluding hydrogens is 528 g/mol. The maximum Gasteiger partial charge on any atom is 0.293 e. The van der Waals surface area contributed by atoms with Gasteiger partial charge < -0.3 is 30.2 Å². The van der Waals surface area contributed by atoms with Crippen molar-refractivity contribution in [3.05, 3.63) is 34.4 Å². The van der Waals surface area contributed by atoms with Gasteiger partial charge in [0, 0.05) is 42.2 Å². The van der Waals surface area contributed by atoms with Crippen molar-refractivity contribution in [1.29, 1.82) is 0 Å². The summed E-state index contributed by atoms with van der Waals surface area (Å²) in [6.45, 7) is 4.63. The van der Waals surface area contributed by atoms with Gasteiger partial charge in [0.05, 0.1) is 41.4 Å². The Bertz CT molecular complexity index is 1360. The van der Waals surface area contributed by atoms with Crippen LogP contribution < -0.4 is 10.6 Å². The molecule has 6 rings (SSSR count). The molecule has 1 unspecified atom stereocenters. The summed E-state index contributed by atoms with van der Waals surface area (Å²) in [6, 6.07) is 2.01. The van der Waals surface area contributed by atoms with Crippen molar-refractivity contribution < 1.29 is 19.4 Å². The Kier molecular flexibility index (Phi) is 6.98. The van der Waals surface area contributed by atoms with Crippen LogP contribution in [0.2, 0.25) is 5.15 Å². The monoisotopic (exact) mass is 558 g/mol. The first kappa shape index (κ1) is 25.8. The fraction of sp³-hybridized carbons (Fsp3) is 0.538. The van der Waals surface area contributed by atoms with Gasteiger partial charge in [0.25, 0.3) is 6.47 Å². The molecule has 2 saturated heterocycles. The normalized spacial score (nSPS) is 24.6. The second-order valence-corrected chi connectivity index (χ2v) is 11.9. The summed E-state index contributed by atoms with van der Waals surface area (Å²) in [6.07, 6.45) is 5.68. The van der Waals surface area contributed by atoms with Crippen LogP contribution in [0.3, 0.4) is 0 Å². The molecule has 2 fully saturated rings. The molecule has 0 bridgehead atoms. The number of carbonyl (C=O) groups is 1. The number of ether oxygens (including phenoxy) is 2. The van der Waals surface area contributed by atoms with Crippen LogP contribution in [0, 0.1) is 5.41 Å². The number of hydrogen-bond donors (Lipinski definition) is 3. The Labute approximate surface area is 229 Å². The van der Waals surface area contributed by atoms with Crippen LogP contribution in [0.15, 0.2) is 22.2 Å². The van der Waals surface area contributed by atoms with Crippen molar-refractivity contribution in [3.8, 4) is 0 Å². The Morgan fingerprint density at radius 2 is 2.21 bits per heavy atom. The zero-order chi connectivity index (χ0) is 26.4. The molecule has 5 heterocycles. The van der Waals surface area contributed by atoms with E-state index in [1.54, 1.807) is 6.20 Å². The van der Waals surface area contributed by atoms with Crippen LogP contribution in [0.25, 0.3) is 11.0 Å². The highest BCUT2D eigenvalue weighted by molar-refractivity contribution is 7.99. The first-order valence-corrected chi connectivity index (χ1v) is 14.2. The lowest BCUT2D eigenvalue weighted by Crippen LogP contribution is -2.51. The summed E-state index contributed by atoms with van der Waals surface area (Å²) in [4.78, 5) is 31.2. The molecular formula is C26H31ClN6O4S. The molecule has 3 atom stereocenters. The molecule has 2 aliphatic heterocycles. The molecule has 202 valence electrons. The third-order valence-electron chi connectivity index (χ3n) is 8.35. The predicted octanol–water partition coefficient (Wildman–Crippen LogP) is 3.01. The van der Waals surface area contributed by atoms with Gasteiger partial charge in [-0.1, -0.05) is 23.4 Å². The SMILES string of the molecule is C[C@@H]1OCC2(CCN(c3ncc(Sc4cc5[nH]c6c(c5nc4Cl)CC(OC=O)CC6)nc3CO)CC2)[C@@H]1N. The number of aryl methyl sites for hydroxylation is 1. The molecule has 0 saturated carbocycles. The average molecular weight is 559 g/mol. The zero-order valence-electron chi connectivity index (χ0n) is 21.2. The van der Waals surface area contributed by atoms with Crippen molar-refractivity contribution in [1.82, 2.24) is 19.9 Å². The number of pyridine rings is 1. The molecule has 4 N–H and O–H groups in total. The summed E-state index contributed by atoms with van der Waals surface area (Å²) in [5, 5.41) is 11.1. The number of fused-ring (bicyclic) bond motifs is 3. The second kappa shape index (κ2) is 10.3. The minimum atomic E-state index is -0.212. The molecule has 0 radical (unpaired) electrons. The Balaban J connectivity index is 1.20. The maximum atomic E-state index is 10.8. The number of nitrogens with two attached hydrogens (primary N) is 1. The van der Waals surface area contributed by atoms with Crippen molar-refractivity contribution in [3.63, 3.8) is 0 Å². The van der Waals surface area contributed by atoms with Crippen molar-refractivity contribution >= 4 is 46.7 Å².